The Bertz CT molecular complexity index is 411. The Hall–Kier alpha value is -0.970. The van der Waals surface area contributed by atoms with Gasteiger partial charge in [0.15, 0.2) is 0 Å². The van der Waals surface area contributed by atoms with Gasteiger partial charge in [-0.3, -0.25) is 0 Å². The van der Waals surface area contributed by atoms with Crippen molar-refractivity contribution in [2.45, 2.75) is 20.4 Å². The molecule has 0 amide bonds. The van der Waals surface area contributed by atoms with Crippen molar-refractivity contribution in [3.8, 4) is 11.5 Å². The van der Waals surface area contributed by atoms with E-state index >= 15 is 0 Å². The number of hydrogen-bond acceptors (Lipinski definition) is 4. The summed E-state index contributed by atoms with van der Waals surface area (Å²) in [6.45, 7) is 6.76. The second-order valence-electron chi connectivity index (χ2n) is 5.72. The van der Waals surface area contributed by atoms with Gasteiger partial charge in [0.25, 0.3) is 0 Å². The van der Waals surface area contributed by atoms with E-state index in [0.717, 1.165) is 30.2 Å². The minimum Gasteiger partial charge on any atom is -0.497 e. The molecule has 0 heterocycles. The Balaban J connectivity index is 0.00000361. The fourth-order valence-electron chi connectivity index (χ4n) is 2.15. The first-order chi connectivity index (χ1) is 8.91. The summed E-state index contributed by atoms with van der Waals surface area (Å²) in [5.41, 5.74) is 7.01. The van der Waals surface area contributed by atoms with Crippen molar-refractivity contribution in [3.63, 3.8) is 0 Å². The average molecular weight is 303 g/mol. The average Bonchev–Trinajstić information content (AvgIpc) is 2.37. The Morgan fingerprint density at radius 3 is 2.35 bits per heavy atom. The maximum atomic E-state index is 5.78. The van der Waals surface area contributed by atoms with E-state index in [1.807, 2.05) is 18.2 Å². The van der Waals surface area contributed by atoms with Gasteiger partial charge < -0.3 is 20.1 Å². The molecule has 20 heavy (non-hydrogen) atoms. The lowest BCUT2D eigenvalue weighted by molar-refractivity contribution is 0.208. The minimum atomic E-state index is 0. The predicted octanol–water partition coefficient (Wildman–Crippen LogP) is 2.54. The molecule has 0 atom stereocenters. The minimum absolute atomic E-state index is 0. The lowest BCUT2D eigenvalue weighted by Crippen LogP contribution is -2.36. The monoisotopic (exact) mass is 302 g/mol. The zero-order valence-corrected chi connectivity index (χ0v) is 13.9. The van der Waals surface area contributed by atoms with Crippen LogP contribution in [0.5, 0.6) is 11.5 Å². The summed E-state index contributed by atoms with van der Waals surface area (Å²) < 4.78 is 10.7. The first-order valence-corrected chi connectivity index (χ1v) is 6.51. The molecule has 2 N–H and O–H groups in total. The van der Waals surface area contributed by atoms with Gasteiger partial charge in [-0.1, -0.05) is 13.8 Å². The van der Waals surface area contributed by atoms with Gasteiger partial charge in [-0.15, -0.1) is 12.4 Å². The van der Waals surface area contributed by atoms with E-state index in [-0.39, 0.29) is 17.8 Å². The van der Waals surface area contributed by atoms with Crippen LogP contribution in [0.3, 0.4) is 0 Å². The number of halogens is 1. The molecule has 0 saturated carbocycles. The van der Waals surface area contributed by atoms with E-state index in [4.69, 9.17) is 15.2 Å². The summed E-state index contributed by atoms with van der Waals surface area (Å²) in [4.78, 5) is 2.25. The lowest BCUT2D eigenvalue weighted by atomic mass is 9.93. The van der Waals surface area contributed by atoms with E-state index in [0.29, 0.717) is 6.54 Å². The molecule has 0 saturated heterocycles. The van der Waals surface area contributed by atoms with E-state index < -0.39 is 0 Å². The largest absolute Gasteiger partial charge is 0.497 e. The van der Waals surface area contributed by atoms with E-state index in [1.54, 1.807) is 14.2 Å². The van der Waals surface area contributed by atoms with Crippen LogP contribution in [0, 0.1) is 5.41 Å². The van der Waals surface area contributed by atoms with Crippen molar-refractivity contribution in [1.29, 1.82) is 0 Å². The molecule has 1 rings (SSSR count). The molecule has 0 unspecified atom stereocenters. The molecule has 0 fully saturated rings. The number of rotatable bonds is 7. The van der Waals surface area contributed by atoms with E-state index in [1.165, 1.54) is 0 Å². The fraction of sp³-hybridized carbons (Fsp3) is 0.600. The molecule has 0 aliphatic rings. The number of benzene rings is 1. The van der Waals surface area contributed by atoms with Crippen LogP contribution in [-0.2, 0) is 6.54 Å². The molecule has 1 aromatic rings. The summed E-state index contributed by atoms with van der Waals surface area (Å²) in [5.74, 6) is 1.74. The Morgan fingerprint density at radius 1 is 1.20 bits per heavy atom. The Morgan fingerprint density at radius 2 is 1.85 bits per heavy atom. The summed E-state index contributed by atoms with van der Waals surface area (Å²) in [6, 6.07) is 5.87. The molecule has 4 nitrogen and oxygen atoms in total. The van der Waals surface area contributed by atoms with Crippen molar-refractivity contribution in [2.24, 2.45) is 11.1 Å². The van der Waals surface area contributed by atoms with Crippen molar-refractivity contribution < 1.29 is 9.47 Å². The maximum Gasteiger partial charge on any atom is 0.123 e. The van der Waals surface area contributed by atoms with E-state index in [9.17, 15) is 0 Å². The second-order valence-corrected chi connectivity index (χ2v) is 5.72. The quantitative estimate of drug-likeness (QED) is 0.841. The molecule has 5 heteroatoms. The summed E-state index contributed by atoms with van der Waals surface area (Å²) in [6.07, 6.45) is 0. The first kappa shape index (κ1) is 19.0. The standard InChI is InChI=1S/C15H26N2O2.ClH/c1-15(2,10-16)11-17(3)9-12-8-13(18-4)6-7-14(12)19-5;/h6-8H,9-11,16H2,1-5H3;1H. The SMILES string of the molecule is COc1ccc(OC)c(CN(C)CC(C)(C)CN)c1.Cl. The molecular weight excluding hydrogens is 276 g/mol. The van der Waals surface area contributed by atoms with Crippen molar-refractivity contribution >= 4 is 12.4 Å². The number of ether oxygens (including phenoxy) is 2. The van der Waals surface area contributed by atoms with Crippen LogP contribution in [0.25, 0.3) is 0 Å². The molecule has 1 aromatic carbocycles. The van der Waals surface area contributed by atoms with Crippen LogP contribution in [0.15, 0.2) is 18.2 Å². The van der Waals surface area contributed by atoms with Crippen LogP contribution in [0.1, 0.15) is 19.4 Å². The third-order valence-corrected chi connectivity index (χ3v) is 3.18. The fourth-order valence-corrected chi connectivity index (χ4v) is 2.15. The predicted molar refractivity (Wildman–Crippen MR) is 86.0 cm³/mol. The number of nitrogens with two attached hydrogens (primary N) is 1. The summed E-state index contributed by atoms with van der Waals surface area (Å²) in [7, 11) is 5.46. The molecule has 0 aromatic heterocycles. The van der Waals surface area contributed by atoms with Crippen LogP contribution < -0.4 is 15.2 Å². The summed E-state index contributed by atoms with van der Waals surface area (Å²) in [5, 5.41) is 0. The molecule has 0 radical (unpaired) electrons. The van der Waals surface area contributed by atoms with Crippen molar-refractivity contribution in [2.75, 3.05) is 34.4 Å². The highest BCUT2D eigenvalue weighted by atomic mass is 35.5. The van der Waals surface area contributed by atoms with Crippen LogP contribution in [0.2, 0.25) is 0 Å². The highest BCUT2D eigenvalue weighted by molar-refractivity contribution is 5.85. The number of nitrogens with zero attached hydrogens (tertiary/aromatic N) is 1. The van der Waals surface area contributed by atoms with Gasteiger partial charge in [-0.25, -0.2) is 0 Å². The van der Waals surface area contributed by atoms with Gasteiger partial charge in [0, 0.05) is 18.7 Å². The van der Waals surface area contributed by atoms with Crippen LogP contribution in [-0.4, -0.2) is 39.3 Å². The maximum absolute atomic E-state index is 5.78. The van der Waals surface area contributed by atoms with Gasteiger partial charge in [-0.2, -0.15) is 0 Å². The lowest BCUT2D eigenvalue weighted by Gasteiger charge is -2.29. The molecule has 0 bridgehead atoms. The van der Waals surface area contributed by atoms with Crippen LogP contribution in [0.4, 0.5) is 0 Å². The highest BCUT2D eigenvalue weighted by Crippen LogP contribution is 2.26. The zero-order chi connectivity index (χ0) is 14.5. The Labute approximate surface area is 128 Å². The van der Waals surface area contributed by atoms with Crippen molar-refractivity contribution in [1.82, 2.24) is 4.90 Å². The van der Waals surface area contributed by atoms with E-state index in [2.05, 4.69) is 25.8 Å². The first-order valence-electron chi connectivity index (χ1n) is 6.51. The van der Waals surface area contributed by atoms with Crippen molar-refractivity contribution in [3.05, 3.63) is 23.8 Å². The molecule has 116 valence electrons. The number of methoxy groups -OCH3 is 2. The highest BCUT2D eigenvalue weighted by Gasteiger charge is 2.19. The molecule has 0 spiro atoms. The van der Waals surface area contributed by atoms with Gasteiger partial charge in [0.2, 0.25) is 0 Å². The molecule has 0 aliphatic carbocycles. The van der Waals surface area contributed by atoms with Crippen LogP contribution >= 0.6 is 12.4 Å². The third kappa shape index (κ3) is 5.57. The second kappa shape index (κ2) is 8.35. The Kier molecular flexibility index (Phi) is 7.94. The van der Waals surface area contributed by atoms with Gasteiger partial charge in [0.05, 0.1) is 14.2 Å². The van der Waals surface area contributed by atoms with Gasteiger partial charge in [0.1, 0.15) is 11.5 Å². The normalized spacial score (nSPS) is 11.2. The third-order valence-electron chi connectivity index (χ3n) is 3.18. The smallest absolute Gasteiger partial charge is 0.123 e. The van der Waals surface area contributed by atoms with Gasteiger partial charge >= 0.3 is 0 Å². The zero-order valence-electron chi connectivity index (χ0n) is 13.1. The van der Waals surface area contributed by atoms with Gasteiger partial charge in [-0.05, 0) is 37.2 Å². The molecular formula is C15H27ClN2O2. The topological polar surface area (TPSA) is 47.7 Å². The number of hydrogen-bond donors (Lipinski definition) is 1. The molecule has 0 aliphatic heterocycles. The summed E-state index contributed by atoms with van der Waals surface area (Å²) >= 11 is 0.